The maximum Gasteiger partial charge on any atom is 0.118 e. The minimum absolute atomic E-state index is 0.776. The fourth-order valence-electron chi connectivity index (χ4n) is 4.09. The molecule has 2 aliphatic rings. The Morgan fingerprint density at radius 3 is 2.59 bits per heavy atom. The molecule has 5 rings (SSSR count). The van der Waals surface area contributed by atoms with Gasteiger partial charge >= 0.3 is 0 Å². The van der Waals surface area contributed by atoms with Crippen LogP contribution in [0.2, 0.25) is 0 Å². The third kappa shape index (κ3) is 3.74. The third-order valence-electron chi connectivity index (χ3n) is 5.51. The van der Waals surface area contributed by atoms with Crippen molar-refractivity contribution in [2.24, 2.45) is 5.10 Å². The van der Waals surface area contributed by atoms with Crippen molar-refractivity contribution >= 4 is 23.3 Å². The Labute approximate surface area is 170 Å². The second kappa shape index (κ2) is 8.05. The summed E-state index contributed by atoms with van der Waals surface area (Å²) in [6, 6.07) is 18.6. The number of nitrogens with zero attached hydrogens (tertiary/aromatic N) is 4. The number of imidazole rings is 1. The fraction of sp³-hybridized carbons (Fsp3) is 0.250. The van der Waals surface area contributed by atoms with Crippen LogP contribution in [0.25, 0.3) is 17.1 Å². The van der Waals surface area contributed by atoms with Gasteiger partial charge in [0.05, 0.1) is 30.5 Å². The van der Waals surface area contributed by atoms with Gasteiger partial charge in [0, 0.05) is 18.8 Å². The number of allylic oxidation sites excluding steroid dienone is 2. The molecule has 0 saturated carbocycles. The van der Waals surface area contributed by atoms with Gasteiger partial charge in [-0.15, -0.1) is 0 Å². The van der Waals surface area contributed by atoms with E-state index in [1.807, 2.05) is 35.2 Å². The quantitative estimate of drug-likeness (QED) is 0.629. The monoisotopic (exact) mass is 384 g/mol. The Bertz CT molecular complexity index is 1090. The van der Waals surface area contributed by atoms with Gasteiger partial charge in [-0.3, -0.25) is 0 Å². The van der Waals surface area contributed by atoms with Gasteiger partial charge in [-0.2, -0.15) is 5.10 Å². The van der Waals surface area contributed by atoms with Crippen LogP contribution in [0.5, 0.6) is 0 Å². The van der Waals surface area contributed by atoms with Crippen molar-refractivity contribution < 1.29 is 4.74 Å². The van der Waals surface area contributed by atoms with Crippen molar-refractivity contribution in [3.63, 3.8) is 0 Å². The molecule has 29 heavy (non-hydrogen) atoms. The predicted octanol–water partition coefficient (Wildman–Crippen LogP) is 4.33. The Kier molecular flexibility index (Phi) is 4.97. The predicted molar refractivity (Wildman–Crippen MR) is 117 cm³/mol. The van der Waals surface area contributed by atoms with E-state index in [1.54, 1.807) is 6.33 Å². The molecular formula is C24H24N4O. The maximum atomic E-state index is 5.59. The Morgan fingerprint density at radius 1 is 0.931 bits per heavy atom. The van der Waals surface area contributed by atoms with Crippen LogP contribution < -0.4 is 0 Å². The van der Waals surface area contributed by atoms with E-state index in [0.717, 1.165) is 50.2 Å². The highest BCUT2D eigenvalue weighted by Gasteiger charge is 2.25. The summed E-state index contributed by atoms with van der Waals surface area (Å²) in [4.78, 5) is 6.90. The van der Waals surface area contributed by atoms with E-state index in [2.05, 4.69) is 46.3 Å². The number of benzene rings is 2. The number of hydrogen-bond acceptors (Lipinski definition) is 4. The lowest BCUT2D eigenvalue weighted by molar-refractivity contribution is 0.0548. The van der Waals surface area contributed by atoms with Crippen LogP contribution in [0.3, 0.4) is 0 Å². The van der Waals surface area contributed by atoms with E-state index >= 15 is 0 Å². The smallest absolute Gasteiger partial charge is 0.118 e. The summed E-state index contributed by atoms with van der Waals surface area (Å²) in [6.07, 6.45) is 8.16. The molecule has 0 spiro atoms. The molecule has 2 heterocycles. The van der Waals surface area contributed by atoms with Gasteiger partial charge in [0.2, 0.25) is 0 Å². The van der Waals surface area contributed by atoms with Crippen molar-refractivity contribution in [2.75, 3.05) is 26.3 Å². The second-order valence-electron chi connectivity index (χ2n) is 7.38. The molecule has 0 atom stereocenters. The molecule has 0 bridgehead atoms. The number of morpholine rings is 1. The minimum Gasteiger partial charge on any atom is -0.378 e. The molecule has 1 aliphatic carbocycles. The van der Waals surface area contributed by atoms with Crippen LogP contribution in [0, 0.1) is 0 Å². The van der Waals surface area contributed by atoms with Crippen LogP contribution in [0.1, 0.15) is 18.4 Å². The number of hydrogen-bond donors (Lipinski definition) is 0. The van der Waals surface area contributed by atoms with Crippen LogP contribution in [-0.4, -0.2) is 47.1 Å². The zero-order chi connectivity index (χ0) is 19.5. The van der Waals surface area contributed by atoms with Gasteiger partial charge in [-0.05, 0) is 47.8 Å². The molecule has 5 nitrogen and oxygen atoms in total. The van der Waals surface area contributed by atoms with Crippen LogP contribution in [0.4, 0.5) is 0 Å². The number of rotatable bonds is 4. The first-order chi connectivity index (χ1) is 14.4. The Hall–Kier alpha value is -3.18. The van der Waals surface area contributed by atoms with E-state index in [9.17, 15) is 0 Å². The first-order valence-corrected chi connectivity index (χ1v) is 10.2. The summed E-state index contributed by atoms with van der Waals surface area (Å²) in [7, 11) is 0. The minimum atomic E-state index is 0.776. The molecule has 146 valence electrons. The molecule has 1 saturated heterocycles. The summed E-state index contributed by atoms with van der Waals surface area (Å²) in [5.74, 6) is 0. The van der Waals surface area contributed by atoms with Gasteiger partial charge in [-0.25, -0.2) is 9.66 Å². The molecular weight excluding hydrogens is 360 g/mol. The van der Waals surface area contributed by atoms with Gasteiger partial charge in [0.25, 0.3) is 0 Å². The van der Waals surface area contributed by atoms with Crippen LogP contribution >= 0.6 is 0 Å². The molecule has 1 aromatic heterocycles. The van der Waals surface area contributed by atoms with E-state index in [4.69, 9.17) is 9.84 Å². The van der Waals surface area contributed by atoms with Crippen molar-refractivity contribution in [2.45, 2.75) is 12.8 Å². The van der Waals surface area contributed by atoms with Crippen molar-refractivity contribution in [3.05, 3.63) is 83.3 Å². The maximum absolute atomic E-state index is 5.59. The summed E-state index contributed by atoms with van der Waals surface area (Å²) < 4.78 is 7.44. The van der Waals surface area contributed by atoms with E-state index in [-0.39, 0.29) is 0 Å². The third-order valence-corrected chi connectivity index (χ3v) is 5.51. The second-order valence-corrected chi connectivity index (χ2v) is 7.38. The average Bonchev–Trinajstić information content (AvgIpc) is 3.37. The van der Waals surface area contributed by atoms with Crippen molar-refractivity contribution in [3.8, 4) is 0 Å². The molecule has 1 aliphatic heterocycles. The largest absolute Gasteiger partial charge is 0.378 e. The van der Waals surface area contributed by atoms with Gasteiger partial charge in [0.1, 0.15) is 6.33 Å². The first kappa shape index (κ1) is 17.9. The van der Waals surface area contributed by atoms with Gasteiger partial charge in [-0.1, -0.05) is 42.5 Å². The SMILES string of the molecule is C(=N/n1cnc2ccccc21)/C1=C(N2CCOCC2)C(=C/c2ccccc2)/CC1. The van der Waals surface area contributed by atoms with Gasteiger partial charge < -0.3 is 9.64 Å². The standard InChI is InChI=1S/C24H24N4O/c1-2-6-19(7-3-1)16-20-10-11-21(24(20)27-12-14-29-15-13-27)17-26-28-18-25-22-8-4-5-9-23(22)28/h1-9,16-18H,10-15H2/b20-16+,26-17-. The lowest BCUT2D eigenvalue weighted by atomic mass is 10.1. The molecule has 5 heteroatoms. The van der Waals surface area contributed by atoms with Crippen molar-refractivity contribution in [1.29, 1.82) is 0 Å². The topological polar surface area (TPSA) is 42.7 Å². The van der Waals surface area contributed by atoms with Crippen LogP contribution in [-0.2, 0) is 4.74 Å². The normalized spacial score (nSPS) is 19.2. The molecule has 0 amide bonds. The summed E-state index contributed by atoms with van der Waals surface area (Å²) in [5, 5.41) is 4.75. The number of aromatic nitrogens is 2. The highest BCUT2D eigenvalue weighted by atomic mass is 16.5. The number of fused-ring (bicyclic) bond motifs is 1. The Balaban J connectivity index is 1.52. The van der Waals surface area contributed by atoms with Crippen LogP contribution in [0.15, 0.2) is 82.9 Å². The zero-order valence-electron chi connectivity index (χ0n) is 16.4. The molecule has 0 unspecified atom stereocenters. The van der Waals surface area contributed by atoms with E-state index in [1.165, 1.54) is 22.4 Å². The molecule has 0 radical (unpaired) electrons. The number of ether oxygens (including phenoxy) is 1. The highest BCUT2D eigenvalue weighted by molar-refractivity contribution is 5.84. The zero-order valence-corrected chi connectivity index (χ0v) is 16.4. The summed E-state index contributed by atoms with van der Waals surface area (Å²) in [5.41, 5.74) is 7.22. The Morgan fingerprint density at radius 2 is 1.72 bits per heavy atom. The molecule has 1 fully saturated rings. The first-order valence-electron chi connectivity index (χ1n) is 10.2. The summed E-state index contributed by atoms with van der Waals surface area (Å²) >= 11 is 0. The van der Waals surface area contributed by atoms with E-state index < -0.39 is 0 Å². The molecule has 2 aromatic carbocycles. The molecule has 0 N–H and O–H groups in total. The lowest BCUT2D eigenvalue weighted by Gasteiger charge is -2.31. The highest BCUT2D eigenvalue weighted by Crippen LogP contribution is 2.35. The average molecular weight is 384 g/mol. The number of para-hydroxylation sites is 2. The summed E-state index contributed by atoms with van der Waals surface area (Å²) in [6.45, 7) is 3.40. The van der Waals surface area contributed by atoms with Crippen molar-refractivity contribution in [1.82, 2.24) is 14.6 Å². The molecule has 3 aromatic rings. The lowest BCUT2D eigenvalue weighted by Crippen LogP contribution is -2.36. The van der Waals surface area contributed by atoms with E-state index in [0.29, 0.717) is 0 Å². The fourth-order valence-corrected chi connectivity index (χ4v) is 4.09. The van der Waals surface area contributed by atoms with Gasteiger partial charge in [0.15, 0.2) is 0 Å².